The Labute approximate surface area is 281 Å². The van der Waals surface area contributed by atoms with E-state index < -0.39 is 23.7 Å². The van der Waals surface area contributed by atoms with Crippen LogP contribution in [0.3, 0.4) is 0 Å². The molecule has 6 nitrogen and oxygen atoms in total. The summed E-state index contributed by atoms with van der Waals surface area (Å²) in [5, 5.41) is 0. The lowest BCUT2D eigenvalue weighted by Crippen LogP contribution is -2.63. The first-order valence-corrected chi connectivity index (χ1v) is 16.6. The number of esters is 1. The minimum absolute atomic E-state index is 0.0817. The van der Waals surface area contributed by atoms with E-state index in [1.54, 1.807) is 0 Å². The highest BCUT2D eigenvalue weighted by atomic mass is 79.9. The summed E-state index contributed by atoms with van der Waals surface area (Å²) in [6.07, 6.45) is 1.38. The van der Waals surface area contributed by atoms with Gasteiger partial charge in [-0.15, -0.1) is 0 Å². The SMILES string of the molecule is CN1[C@H](c2ccccc2)[C@@H](c2ccccc2)N(C)C12O[C@H](/C(Br)=C/c1ccccc1)[C@@H](C(=O)OC(C)(C)C)N2Cc1ccccc1. The first-order valence-electron chi connectivity index (χ1n) is 15.8. The van der Waals surface area contributed by atoms with Gasteiger partial charge in [0.15, 0.2) is 0 Å². The lowest BCUT2D eigenvalue weighted by molar-refractivity contribution is -0.260. The Morgan fingerprint density at radius 1 is 0.783 bits per heavy atom. The number of halogens is 1. The quantitative estimate of drug-likeness (QED) is 0.185. The Kier molecular flexibility index (Phi) is 9.33. The molecule has 7 heteroatoms. The molecule has 0 radical (unpaired) electrons. The average Bonchev–Trinajstić information content (AvgIpc) is 3.50. The molecule has 4 atom stereocenters. The maximum absolute atomic E-state index is 14.5. The molecule has 6 rings (SSSR count). The van der Waals surface area contributed by atoms with Crippen LogP contribution in [-0.2, 0) is 20.8 Å². The molecule has 0 unspecified atom stereocenters. The highest BCUT2D eigenvalue weighted by molar-refractivity contribution is 9.11. The van der Waals surface area contributed by atoms with Crippen molar-refractivity contribution < 1.29 is 14.3 Å². The molecule has 2 fully saturated rings. The standard InChI is InChI=1S/C39H42BrN3O3/c1-38(2,3)46-37(44)35-36(32(40)26-28-18-10-6-11-19-28)45-39(43(35)27-29-20-12-7-13-21-29)41(4)33(30-22-14-8-15-23-30)34(42(39)5)31-24-16-9-17-25-31/h6-26,33-36H,27H2,1-5H3/b32-26-/t33-,34-,35+,36-/m1/s1. The summed E-state index contributed by atoms with van der Waals surface area (Å²) in [4.78, 5) is 21.2. The second-order valence-corrected chi connectivity index (χ2v) is 14.0. The first kappa shape index (κ1) is 32.4. The van der Waals surface area contributed by atoms with Gasteiger partial charge in [-0.05, 0) is 63.2 Å². The highest BCUT2D eigenvalue weighted by Crippen LogP contribution is 2.56. The summed E-state index contributed by atoms with van der Waals surface area (Å²) in [5.74, 6) is -1.45. The van der Waals surface area contributed by atoms with E-state index in [4.69, 9.17) is 9.47 Å². The number of ether oxygens (including phenoxy) is 2. The van der Waals surface area contributed by atoms with Gasteiger partial charge in [-0.2, -0.15) is 0 Å². The molecule has 0 aromatic heterocycles. The molecule has 46 heavy (non-hydrogen) atoms. The molecule has 2 heterocycles. The normalized spacial score (nSPS) is 24.0. The lowest BCUT2D eigenvalue weighted by Gasteiger charge is -2.44. The van der Waals surface area contributed by atoms with Gasteiger partial charge >= 0.3 is 5.97 Å². The predicted octanol–water partition coefficient (Wildman–Crippen LogP) is 8.00. The van der Waals surface area contributed by atoms with Crippen molar-refractivity contribution in [2.45, 2.75) is 63.1 Å². The van der Waals surface area contributed by atoms with Crippen molar-refractivity contribution in [2.75, 3.05) is 14.1 Å². The van der Waals surface area contributed by atoms with Crippen molar-refractivity contribution in [3.63, 3.8) is 0 Å². The van der Waals surface area contributed by atoms with Crippen LogP contribution in [0, 0.1) is 0 Å². The van der Waals surface area contributed by atoms with Gasteiger partial charge in [0.25, 0.3) is 0 Å². The van der Waals surface area contributed by atoms with Gasteiger partial charge in [0.05, 0.1) is 12.1 Å². The van der Waals surface area contributed by atoms with Gasteiger partial charge < -0.3 is 9.47 Å². The minimum atomic E-state index is -1.12. The first-order chi connectivity index (χ1) is 22.1. The Bertz CT molecular complexity index is 1590. The van der Waals surface area contributed by atoms with Crippen molar-refractivity contribution in [1.82, 2.24) is 14.7 Å². The van der Waals surface area contributed by atoms with E-state index in [-0.39, 0.29) is 18.1 Å². The Balaban J connectivity index is 1.56. The van der Waals surface area contributed by atoms with Crippen LogP contribution in [0.1, 0.15) is 55.1 Å². The van der Waals surface area contributed by atoms with Crippen LogP contribution in [0.25, 0.3) is 6.08 Å². The van der Waals surface area contributed by atoms with Gasteiger partial charge in [0, 0.05) is 11.0 Å². The summed E-state index contributed by atoms with van der Waals surface area (Å²) in [5.41, 5.74) is 3.74. The fraction of sp³-hybridized carbons (Fsp3) is 0.308. The van der Waals surface area contributed by atoms with E-state index in [0.29, 0.717) is 6.54 Å². The molecular formula is C39H42BrN3O3. The minimum Gasteiger partial charge on any atom is -0.459 e. The number of carbonyl (C=O) groups is 1. The third kappa shape index (κ3) is 6.23. The van der Waals surface area contributed by atoms with Crippen LogP contribution in [0.15, 0.2) is 126 Å². The van der Waals surface area contributed by atoms with Crippen molar-refractivity contribution in [2.24, 2.45) is 0 Å². The fourth-order valence-electron chi connectivity index (χ4n) is 6.96. The number of hydrogen-bond acceptors (Lipinski definition) is 6. The van der Waals surface area contributed by atoms with E-state index >= 15 is 0 Å². The largest absolute Gasteiger partial charge is 0.459 e. The monoisotopic (exact) mass is 679 g/mol. The van der Waals surface area contributed by atoms with Crippen molar-refractivity contribution >= 4 is 28.0 Å². The molecule has 0 aliphatic carbocycles. The number of nitrogens with zero attached hydrogens (tertiary/aromatic N) is 3. The summed E-state index contributed by atoms with van der Waals surface area (Å²) >= 11 is 3.90. The number of hydrogen-bond donors (Lipinski definition) is 0. The van der Waals surface area contributed by atoms with Crippen LogP contribution in [0.5, 0.6) is 0 Å². The molecule has 4 aromatic carbocycles. The zero-order valence-corrected chi connectivity index (χ0v) is 28.7. The van der Waals surface area contributed by atoms with Gasteiger partial charge in [-0.3, -0.25) is 4.79 Å². The smallest absolute Gasteiger partial charge is 0.327 e. The van der Waals surface area contributed by atoms with E-state index in [1.807, 2.05) is 87.5 Å². The molecule has 2 aliphatic rings. The Morgan fingerprint density at radius 2 is 1.24 bits per heavy atom. The molecule has 0 N–H and O–H groups in total. The fourth-order valence-corrected chi connectivity index (χ4v) is 7.57. The molecule has 0 amide bonds. The Morgan fingerprint density at radius 3 is 1.72 bits per heavy atom. The molecule has 2 aliphatic heterocycles. The number of rotatable bonds is 7. The third-order valence-corrected chi connectivity index (χ3v) is 9.52. The molecule has 0 saturated carbocycles. The predicted molar refractivity (Wildman–Crippen MR) is 186 cm³/mol. The number of carbonyl (C=O) groups excluding carboxylic acids is 1. The van der Waals surface area contributed by atoms with E-state index in [9.17, 15) is 4.79 Å². The zero-order valence-electron chi connectivity index (χ0n) is 27.1. The second-order valence-electron chi connectivity index (χ2n) is 13.1. The maximum Gasteiger partial charge on any atom is 0.327 e. The Hall–Kier alpha value is -3.59. The number of likely N-dealkylation sites (N-methyl/N-ethyl adjacent to an activating group) is 2. The summed E-state index contributed by atoms with van der Waals surface area (Å²) < 4.78 is 14.3. The molecule has 1 spiro atoms. The van der Waals surface area contributed by atoms with E-state index in [1.165, 1.54) is 11.1 Å². The number of benzene rings is 4. The van der Waals surface area contributed by atoms with Gasteiger partial charge in [-0.1, -0.05) is 137 Å². The third-order valence-electron chi connectivity index (χ3n) is 8.84. The van der Waals surface area contributed by atoms with Gasteiger partial charge in [0.2, 0.25) is 5.97 Å². The average molecular weight is 681 g/mol. The summed E-state index contributed by atoms with van der Waals surface area (Å²) in [6.45, 7) is 6.19. The maximum atomic E-state index is 14.5. The summed E-state index contributed by atoms with van der Waals surface area (Å²) in [6, 6.07) is 40.6. The van der Waals surface area contributed by atoms with E-state index in [0.717, 1.165) is 15.6 Å². The molecule has 4 aromatic rings. The van der Waals surface area contributed by atoms with Crippen LogP contribution in [0.4, 0.5) is 0 Å². The van der Waals surface area contributed by atoms with Gasteiger partial charge in [0.1, 0.15) is 17.7 Å². The van der Waals surface area contributed by atoms with Crippen LogP contribution in [-0.4, -0.2) is 58.5 Å². The molecule has 0 bridgehead atoms. The lowest BCUT2D eigenvalue weighted by atomic mass is 9.93. The highest BCUT2D eigenvalue weighted by Gasteiger charge is 2.68. The van der Waals surface area contributed by atoms with Crippen molar-refractivity contribution in [1.29, 1.82) is 0 Å². The van der Waals surface area contributed by atoms with Crippen LogP contribution >= 0.6 is 15.9 Å². The summed E-state index contributed by atoms with van der Waals surface area (Å²) in [7, 11) is 4.22. The van der Waals surface area contributed by atoms with Crippen LogP contribution in [0.2, 0.25) is 0 Å². The van der Waals surface area contributed by atoms with Crippen molar-refractivity contribution in [3.8, 4) is 0 Å². The van der Waals surface area contributed by atoms with E-state index in [2.05, 4.69) is 105 Å². The molecule has 238 valence electrons. The second kappa shape index (κ2) is 13.3. The van der Waals surface area contributed by atoms with Gasteiger partial charge in [-0.25, -0.2) is 14.7 Å². The molecular weight excluding hydrogens is 638 g/mol. The zero-order chi connectivity index (χ0) is 32.5. The van der Waals surface area contributed by atoms with Crippen molar-refractivity contribution in [3.05, 3.63) is 148 Å². The van der Waals surface area contributed by atoms with Crippen LogP contribution < -0.4 is 0 Å². The topological polar surface area (TPSA) is 45.3 Å². The molecule has 2 saturated heterocycles.